The zero-order chi connectivity index (χ0) is 42.0. The van der Waals surface area contributed by atoms with Crippen molar-refractivity contribution in [2.45, 2.75) is 174 Å². The molecule has 6 aliphatic rings. The van der Waals surface area contributed by atoms with Crippen molar-refractivity contribution in [3.05, 3.63) is 12.2 Å². The summed E-state index contributed by atoms with van der Waals surface area (Å²) in [4.78, 5) is 13.3. The largest absolute Gasteiger partial charge is 0.453 e. The van der Waals surface area contributed by atoms with E-state index in [2.05, 4.69) is 0 Å². The first-order chi connectivity index (χ1) is 27.6. The molecule has 0 amide bonds. The molecular formula is C38H62O20. The Morgan fingerprint density at radius 2 is 1.33 bits per heavy atom. The summed E-state index contributed by atoms with van der Waals surface area (Å²) in [5, 5.41) is 116. The Balaban J connectivity index is 1.21. The molecule has 20 nitrogen and oxygen atoms in total. The molecule has 6 rings (SSSR count). The third kappa shape index (κ3) is 10.2. The van der Waals surface area contributed by atoms with E-state index in [1.807, 2.05) is 0 Å². The molecule has 11 unspecified atom stereocenters. The van der Waals surface area contributed by atoms with Crippen LogP contribution in [0.2, 0.25) is 0 Å². The Kier molecular flexibility index (Phi) is 16.0. The number of hydrogen-bond acceptors (Lipinski definition) is 20. The number of aliphatic hydroxyl groups is 11. The zero-order valence-corrected chi connectivity index (χ0v) is 32.6. The maximum absolute atomic E-state index is 13.3. The standard InChI is InChI=1S/C38H62O20/c1-51-23-7-15(8-24(52-2)29(23)45)3-6-28(44)58-36-27(14-53-37-33(49)31(47)30(46)26(13-39)56-37)57-38(34(50)32(36)48)55-25-12-18-20(42)10-17(40)11-22(18)54-35(25)16-4-5-19(41)21(43)9-16/h3,6,15-27,29-43,45-50H,4-5,7-14H2,1-2H3/t15?,16?,17?,18?,19?,20?,21?,22?,23?,24?,25?,26-,27-,29?,30-,31+,32-,33-,34-,35?,36-,37-,38-/m0/s1. The van der Waals surface area contributed by atoms with Crippen LogP contribution in [0.3, 0.4) is 0 Å². The molecule has 20 heteroatoms. The summed E-state index contributed by atoms with van der Waals surface area (Å²) in [5.74, 6) is -2.03. The summed E-state index contributed by atoms with van der Waals surface area (Å²) < 4.78 is 46.7. The van der Waals surface area contributed by atoms with Gasteiger partial charge < -0.3 is 94.1 Å². The molecular weight excluding hydrogens is 776 g/mol. The van der Waals surface area contributed by atoms with Gasteiger partial charge in [0.25, 0.3) is 0 Å². The van der Waals surface area contributed by atoms with Crippen LogP contribution in [0, 0.1) is 17.8 Å². The molecule has 6 fully saturated rings. The lowest BCUT2D eigenvalue weighted by atomic mass is 9.72. The summed E-state index contributed by atoms with van der Waals surface area (Å²) in [6, 6.07) is 0. The van der Waals surface area contributed by atoms with Gasteiger partial charge in [-0.25, -0.2) is 4.79 Å². The minimum Gasteiger partial charge on any atom is -0.453 e. The molecule has 3 aliphatic carbocycles. The van der Waals surface area contributed by atoms with E-state index in [-0.39, 0.29) is 43.9 Å². The van der Waals surface area contributed by atoms with Crippen LogP contribution in [0.5, 0.6) is 0 Å². The predicted molar refractivity (Wildman–Crippen MR) is 192 cm³/mol. The van der Waals surface area contributed by atoms with Gasteiger partial charge in [0.1, 0.15) is 48.8 Å². The molecule has 11 N–H and O–H groups in total. The van der Waals surface area contributed by atoms with E-state index in [1.54, 1.807) is 6.08 Å². The van der Waals surface area contributed by atoms with Gasteiger partial charge in [-0.1, -0.05) is 6.08 Å². The fourth-order valence-corrected chi connectivity index (χ4v) is 9.50. The van der Waals surface area contributed by atoms with Crippen LogP contribution in [-0.2, 0) is 42.7 Å². The van der Waals surface area contributed by atoms with Crippen LogP contribution in [0.4, 0.5) is 0 Å². The number of methoxy groups -OCH3 is 2. The van der Waals surface area contributed by atoms with Gasteiger partial charge in [0, 0.05) is 26.2 Å². The summed E-state index contributed by atoms with van der Waals surface area (Å²) in [5.41, 5.74) is 0. The van der Waals surface area contributed by atoms with Crippen LogP contribution < -0.4 is 0 Å². The Morgan fingerprint density at radius 1 is 0.655 bits per heavy atom. The van der Waals surface area contributed by atoms with E-state index in [1.165, 1.54) is 14.2 Å². The third-order valence-corrected chi connectivity index (χ3v) is 12.9. The van der Waals surface area contributed by atoms with Crippen LogP contribution in [-0.4, -0.2) is 212 Å². The van der Waals surface area contributed by atoms with Crippen molar-refractivity contribution in [3.8, 4) is 0 Å². The minimum absolute atomic E-state index is 0.110. The monoisotopic (exact) mass is 838 g/mol. The smallest absolute Gasteiger partial charge is 0.330 e. The first-order valence-electron chi connectivity index (χ1n) is 20.2. The maximum atomic E-state index is 13.3. The van der Waals surface area contributed by atoms with Gasteiger partial charge in [-0.3, -0.25) is 0 Å². The van der Waals surface area contributed by atoms with Gasteiger partial charge >= 0.3 is 5.97 Å². The number of carbonyl (C=O) groups is 1. The van der Waals surface area contributed by atoms with Crippen molar-refractivity contribution < 1.29 is 98.9 Å². The van der Waals surface area contributed by atoms with E-state index in [9.17, 15) is 61.0 Å². The lowest BCUT2D eigenvalue weighted by Crippen LogP contribution is -2.64. The molecule has 0 aromatic carbocycles. The average molecular weight is 839 g/mol. The number of fused-ring (bicyclic) bond motifs is 1. The normalized spacial score (nSPS) is 50.3. The Labute approximate surface area is 335 Å². The zero-order valence-electron chi connectivity index (χ0n) is 32.6. The third-order valence-electron chi connectivity index (χ3n) is 12.9. The summed E-state index contributed by atoms with van der Waals surface area (Å²) >= 11 is 0. The highest BCUT2D eigenvalue weighted by Crippen LogP contribution is 2.43. The van der Waals surface area contributed by atoms with Gasteiger partial charge in [-0.15, -0.1) is 0 Å². The van der Waals surface area contributed by atoms with E-state index >= 15 is 0 Å². The molecule has 3 saturated carbocycles. The van der Waals surface area contributed by atoms with Crippen molar-refractivity contribution >= 4 is 5.97 Å². The number of esters is 1. The fourth-order valence-electron chi connectivity index (χ4n) is 9.50. The molecule has 0 spiro atoms. The van der Waals surface area contributed by atoms with Crippen molar-refractivity contribution in [2.75, 3.05) is 27.4 Å². The number of aliphatic hydroxyl groups excluding tert-OH is 11. The van der Waals surface area contributed by atoms with E-state index < -0.39 is 148 Å². The second-order valence-corrected chi connectivity index (χ2v) is 16.7. The number of ether oxygens (including phenoxy) is 8. The molecule has 3 saturated heterocycles. The van der Waals surface area contributed by atoms with Gasteiger partial charge in [0.2, 0.25) is 0 Å². The summed E-state index contributed by atoms with van der Waals surface area (Å²) in [6.45, 7) is -1.34. The highest BCUT2D eigenvalue weighted by atomic mass is 16.7. The SMILES string of the molecule is COC1CC(C=CC(=O)O[C@@H]2[C@@H](O)[C@H](O)[C@@H](OC3CC4C(O)CC(O)CC4OC3C3CCC(O)C(O)C3)O[C@H]2CO[C@H]2O[C@@H](CO)[C@H](O)[C@@H](O)[C@@H]2O)CC(OC)C1O. The molecule has 3 heterocycles. The molecule has 334 valence electrons. The molecule has 3 aliphatic heterocycles. The van der Waals surface area contributed by atoms with Gasteiger partial charge in [0.05, 0.1) is 68.1 Å². The van der Waals surface area contributed by atoms with Crippen molar-refractivity contribution in [2.24, 2.45) is 17.8 Å². The lowest BCUT2D eigenvalue weighted by Gasteiger charge is -2.51. The van der Waals surface area contributed by atoms with Crippen LogP contribution >= 0.6 is 0 Å². The minimum atomic E-state index is -1.86. The predicted octanol–water partition coefficient (Wildman–Crippen LogP) is -4.29. The molecule has 58 heavy (non-hydrogen) atoms. The molecule has 0 bridgehead atoms. The average Bonchev–Trinajstić information content (AvgIpc) is 3.20. The number of hydrogen-bond donors (Lipinski definition) is 11. The highest BCUT2D eigenvalue weighted by Gasteiger charge is 2.54. The molecule has 0 radical (unpaired) electrons. The van der Waals surface area contributed by atoms with Gasteiger partial charge in [-0.2, -0.15) is 0 Å². The fraction of sp³-hybridized carbons (Fsp3) is 0.921. The Hall–Kier alpha value is -1.51. The first-order valence-corrected chi connectivity index (χ1v) is 20.2. The van der Waals surface area contributed by atoms with E-state index in [4.69, 9.17) is 37.9 Å². The second-order valence-electron chi connectivity index (χ2n) is 16.7. The molecule has 0 aromatic heterocycles. The number of rotatable bonds is 12. The van der Waals surface area contributed by atoms with Crippen LogP contribution in [0.25, 0.3) is 0 Å². The Morgan fingerprint density at radius 3 is 1.98 bits per heavy atom. The topological polar surface area (TPSA) is 313 Å². The van der Waals surface area contributed by atoms with Crippen LogP contribution in [0.1, 0.15) is 51.4 Å². The van der Waals surface area contributed by atoms with Crippen molar-refractivity contribution in [1.29, 1.82) is 0 Å². The summed E-state index contributed by atoms with van der Waals surface area (Å²) in [7, 11) is 2.91. The van der Waals surface area contributed by atoms with Gasteiger partial charge in [0.15, 0.2) is 18.7 Å². The lowest BCUT2D eigenvalue weighted by molar-refractivity contribution is -0.347. The van der Waals surface area contributed by atoms with Crippen molar-refractivity contribution in [1.82, 2.24) is 0 Å². The number of allylic oxidation sites excluding steroid dienone is 1. The van der Waals surface area contributed by atoms with E-state index in [0.717, 1.165) is 6.08 Å². The first kappa shape index (κ1) is 46.0. The second kappa shape index (κ2) is 20.1. The van der Waals surface area contributed by atoms with Crippen molar-refractivity contribution in [3.63, 3.8) is 0 Å². The number of carbonyl (C=O) groups excluding carboxylic acids is 1. The maximum Gasteiger partial charge on any atom is 0.330 e. The van der Waals surface area contributed by atoms with E-state index in [0.29, 0.717) is 19.3 Å². The quantitative estimate of drug-likeness (QED) is 0.0655. The Bertz CT molecular complexity index is 1330. The molecule has 0 aromatic rings. The molecule has 21 atom stereocenters. The van der Waals surface area contributed by atoms with Gasteiger partial charge in [-0.05, 0) is 63.2 Å². The van der Waals surface area contributed by atoms with Crippen LogP contribution in [0.15, 0.2) is 12.2 Å². The highest BCUT2D eigenvalue weighted by molar-refractivity contribution is 5.82. The summed E-state index contributed by atoms with van der Waals surface area (Å²) in [6.07, 6.45) is -19.6.